The highest BCUT2D eigenvalue weighted by Gasteiger charge is 2.38. The van der Waals surface area contributed by atoms with Gasteiger partial charge in [-0.2, -0.15) is 0 Å². The number of amides is 3. The van der Waals surface area contributed by atoms with E-state index in [0.29, 0.717) is 25.8 Å². The quantitative estimate of drug-likeness (QED) is 0.252. The summed E-state index contributed by atoms with van der Waals surface area (Å²) in [5.74, 6) is -2.91. The number of para-hydroxylation sites is 1. The number of aromatic nitrogens is 1. The van der Waals surface area contributed by atoms with E-state index in [9.17, 15) is 29.4 Å². The summed E-state index contributed by atoms with van der Waals surface area (Å²) in [6.45, 7) is 5.37. The molecule has 0 aliphatic carbocycles. The van der Waals surface area contributed by atoms with E-state index in [4.69, 9.17) is 5.73 Å². The van der Waals surface area contributed by atoms with Crippen LogP contribution in [0.1, 0.15) is 45.6 Å². The number of aliphatic hydroxyl groups is 1. The number of H-pyrrole nitrogens is 1. The number of hydrogen-bond donors (Lipinski definition) is 6. The molecule has 0 bridgehead atoms. The predicted molar refractivity (Wildman–Crippen MR) is 137 cm³/mol. The van der Waals surface area contributed by atoms with Crippen molar-refractivity contribution in [2.24, 2.45) is 11.7 Å². The number of carbonyl (C=O) groups is 4. The number of carboxylic acid groups (broad SMARTS) is 1. The average molecular weight is 516 g/mol. The maximum Gasteiger partial charge on any atom is 0.328 e. The first-order chi connectivity index (χ1) is 17.5. The van der Waals surface area contributed by atoms with E-state index in [2.05, 4.69) is 15.6 Å². The van der Waals surface area contributed by atoms with Crippen molar-refractivity contribution >= 4 is 34.6 Å². The van der Waals surface area contributed by atoms with Gasteiger partial charge in [0.1, 0.15) is 12.1 Å². The Morgan fingerprint density at radius 2 is 1.86 bits per heavy atom. The van der Waals surface area contributed by atoms with Crippen molar-refractivity contribution < 1.29 is 29.4 Å². The summed E-state index contributed by atoms with van der Waals surface area (Å²) >= 11 is 0. The fourth-order valence-corrected chi connectivity index (χ4v) is 4.75. The second-order valence-electron chi connectivity index (χ2n) is 10.1. The van der Waals surface area contributed by atoms with Crippen LogP contribution in [0.2, 0.25) is 0 Å². The number of aromatic amines is 1. The normalized spacial score (nSPS) is 18.9. The van der Waals surface area contributed by atoms with E-state index in [-0.39, 0.29) is 18.2 Å². The Kier molecular flexibility index (Phi) is 9.28. The molecule has 7 N–H and O–H groups in total. The Hall–Kier alpha value is -3.44. The molecule has 2 aromatic rings. The Labute approximate surface area is 215 Å². The lowest BCUT2D eigenvalue weighted by molar-refractivity contribution is -0.145. The number of nitrogens with one attached hydrogen (secondary N) is 3. The van der Waals surface area contributed by atoms with E-state index in [1.807, 2.05) is 44.3 Å². The third-order valence-corrected chi connectivity index (χ3v) is 6.66. The van der Waals surface area contributed by atoms with Gasteiger partial charge < -0.3 is 36.5 Å². The van der Waals surface area contributed by atoms with Crippen molar-refractivity contribution in [3.8, 4) is 0 Å². The molecule has 11 nitrogen and oxygen atoms in total. The highest BCUT2D eigenvalue weighted by atomic mass is 16.4. The second kappa shape index (κ2) is 12.2. The van der Waals surface area contributed by atoms with Gasteiger partial charge in [-0.1, -0.05) is 32.0 Å². The van der Waals surface area contributed by atoms with Crippen LogP contribution in [-0.2, 0) is 25.6 Å². The van der Waals surface area contributed by atoms with E-state index < -0.39 is 48.1 Å². The number of hydrogen-bond acceptors (Lipinski definition) is 6. The highest BCUT2D eigenvalue weighted by molar-refractivity contribution is 5.94. The van der Waals surface area contributed by atoms with Gasteiger partial charge in [-0.25, -0.2) is 4.79 Å². The molecule has 1 aromatic heterocycles. The summed E-state index contributed by atoms with van der Waals surface area (Å²) in [4.78, 5) is 55.4. The highest BCUT2D eigenvalue weighted by Crippen LogP contribution is 2.22. The van der Waals surface area contributed by atoms with Crippen LogP contribution in [-0.4, -0.2) is 80.6 Å². The smallest absolute Gasteiger partial charge is 0.328 e. The number of aliphatic hydroxyl groups excluding tert-OH is 1. The lowest BCUT2D eigenvalue weighted by atomic mass is 10.0. The van der Waals surface area contributed by atoms with Crippen LogP contribution in [0, 0.1) is 5.92 Å². The molecule has 2 heterocycles. The molecular formula is C26H37N5O6. The zero-order valence-electron chi connectivity index (χ0n) is 21.4. The third-order valence-electron chi connectivity index (χ3n) is 6.66. The molecule has 5 atom stereocenters. The van der Waals surface area contributed by atoms with E-state index in [1.165, 1.54) is 11.8 Å². The minimum absolute atomic E-state index is 0.0109. The fraction of sp³-hybridized carbons (Fsp3) is 0.538. The van der Waals surface area contributed by atoms with Crippen molar-refractivity contribution in [3.05, 3.63) is 36.0 Å². The molecule has 0 spiro atoms. The van der Waals surface area contributed by atoms with E-state index >= 15 is 0 Å². The van der Waals surface area contributed by atoms with Crippen molar-refractivity contribution in [3.63, 3.8) is 0 Å². The number of nitrogens with zero attached hydrogens (tertiary/aromatic N) is 1. The van der Waals surface area contributed by atoms with Crippen molar-refractivity contribution in [1.82, 2.24) is 20.5 Å². The molecule has 1 aliphatic rings. The number of benzene rings is 1. The van der Waals surface area contributed by atoms with Gasteiger partial charge in [0, 0.05) is 23.6 Å². The molecule has 1 fully saturated rings. The Morgan fingerprint density at radius 3 is 2.51 bits per heavy atom. The summed E-state index contributed by atoms with van der Waals surface area (Å²) < 4.78 is 0. The maximum atomic E-state index is 13.3. The molecule has 0 radical (unpaired) electrons. The molecule has 3 amide bonds. The van der Waals surface area contributed by atoms with Crippen LogP contribution in [0.3, 0.4) is 0 Å². The van der Waals surface area contributed by atoms with Crippen molar-refractivity contribution in [2.75, 3.05) is 6.54 Å². The zero-order valence-corrected chi connectivity index (χ0v) is 21.4. The molecule has 0 saturated carbocycles. The van der Waals surface area contributed by atoms with E-state index in [1.54, 1.807) is 0 Å². The summed E-state index contributed by atoms with van der Waals surface area (Å²) in [6, 6.07) is 3.57. The number of aliphatic carboxylic acids is 1. The van der Waals surface area contributed by atoms with Gasteiger partial charge in [-0.3, -0.25) is 14.4 Å². The van der Waals surface area contributed by atoms with Gasteiger partial charge in [0.05, 0.1) is 12.1 Å². The molecule has 1 aliphatic heterocycles. The second-order valence-corrected chi connectivity index (χ2v) is 10.1. The van der Waals surface area contributed by atoms with Crippen LogP contribution in [0.25, 0.3) is 10.9 Å². The van der Waals surface area contributed by atoms with Gasteiger partial charge in [-0.15, -0.1) is 0 Å². The van der Waals surface area contributed by atoms with Crippen LogP contribution < -0.4 is 16.4 Å². The largest absolute Gasteiger partial charge is 0.480 e. The molecule has 37 heavy (non-hydrogen) atoms. The molecular weight excluding hydrogens is 478 g/mol. The molecule has 11 heteroatoms. The molecule has 3 rings (SSSR count). The summed E-state index contributed by atoms with van der Waals surface area (Å²) in [5.41, 5.74) is 8.15. The van der Waals surface area contributed by atoms with Gasteiger partial charge in [0.2, 0.25) is 17.7 Å². The Morgan fingerprint density at radius 1 is 1.16 bits per heavy atom. The number of fused-ring (bicyclic) bond motifs is 1. The van der Waals surface area contributed by atoms with Gasteiger partial charge in [0.25, 0.3) is 0 Å². The maximum absolute atomic E-state index is 13.3. The lowest BCUT2D eigenvalue weighted by Crippen LogP contribution is -2.58. The minimum Gasteiger partial charge on any atom is -0.480 e. The SMILES string of the molecule is CC(C)CC(NC(=O)C1CCCN1C(=O)C(N)Cc1c[nH]c2ccccc12)C(=O)NC(C(=O)O)C(C)O. The standard InChI is InChI=1S/C26H37N5O6/c1-14(2)11-20(23(33)30-22(15(3)32)26(36)37)29-24(34)21-9-6-10-31(21)25(35)18(27)12-16-13-28-19-8-5-4-7-17(16)19/h4-5,7-8,13-15,18,20-22,28,32H,6,9-12,27H2,1-3H3,(H,29,34)(H,30,33)(H,36,37). The Bertz CT molecular complexity index is 1130. The van der Waals surface area contributed by atoms with Crippen LogP contribution >= 0.6 is 0 Å². The number of nitrogens with two attached hydrogens (primary N) is 1. The third kappa shape index (κ3) is 6.86. The van der Waals surface area contributed by atoms with Crippen LogP contribution in [0.4, 0.5) is 0 Å². The summed E-state index contributed by atoms with van der Waals surface area (Å²) in [6.07, 6.45) is 2.12. The number of carbonyl (C=O) groups excluding carboxylic acids is 3. The monoisotopic (exact) mass is 515 g/mol. The fourth-order valence-electron chi connectivity index (χ4n) is 4.75. The minimum atomic E-state index is -1.51. The Balaban J connectivity index is 1.68. The van der Waals surface area contributed by atoms with E-state index in [0.717, 1.165) is 16.5 Å². The summed E-state index contributed by atoms with van der Waals surface area (Å²) in [5, 5.41) is 25.0. The van der Waals surface area contributed by atoms with Crippen LogP contribution in [0.5, 0.6) is 0 Å². The first-order valence-corrected chi connectivity index (χ1v) is 12.6. The van der Waals surface area contributed by atoms with Crippen LogP contribution in [0.15, 0.2) is 30.5 Å². The first kappa shape index (κ1) is 28.1. The zero-order chi connectivity index (χ0) is 27.3. The number of likely N-dealkylation sites (tertiary alicyclic amines) is 1. The van der Waals surface area contributed by atoms with Crippen molar-refractivity contribution in [2.45, 2.75) is 76.7 Å². The molecule has 5 unspecified atom stereocenters. The molecule has 1 saturated heterocycles. The van der Waals surface area contributed by atoms with Gasteiger partial charge in [0.15, 0.2) is 6.04 Å². The first-order valence-electron chi connectivity index (χ1n) is 12.6. The molecule has 1 aromatic carbocycles. The average Bonchev–Trinajstić information content (AvgIpc) is 3.48. The molecule has 202 valence electrons. The number of carboxylic acids is 1. The number of rotatable bonds is 11. The van der Waals surface area contributed by atoms with Gasteiger partial charge in [-0.05, 0) is 50.2 Å². The van der Waals surface area contributed by atoms with Gasteiger partial charge >= 0.3 is 5.97 Å². The topological polar surface area (TPSA) is 178 Å². The van der Waals surface area contributed by atoms with Crippen molar-refractivity contribution in [1.29, 1.82) is 0 Å². The lowest BCUT2D eigenvalue weighted by Gasteiger charge is -2.29. The summed E-state index contributed by atoms with van der Waals surface area (Å²) in [7, 11) is 0. The predicted octanol–water partition coefficient (Wildman–Crippen LogP) is 0.510.